The molecule has 0 aromatic rings. The van der Waals surface area contributed by atoms with Gasteiger partial charge in [0.05, 0.1) is 18.7 Å². The first kappa shape index (κ1) is 12.6. The zero-order chi connectivity index (χ0) is 12.2. The number of hydrogen-bond acceptors (Lipinski definition) is 4. The van der Waals surface area contributed by atoms with Crippen molar-refractivity contribution in [2.45, 2.75) is 26.3 Å². The summed E-state index contributed by atoms with van der Waals surface area (Å²) >= 11 is 0. The molecule has 0 unspecified atom stereocenters. The number of hydrogen-bond donors (Lipinski definition) is 1. The third kappa shape index (κ3) is 3.01. The van der Waals surface area contributed by atoms with Crippen molar-refractivity contribution in [1.82, 2.24) is 10.2 Å². The number of nitrogens with one attached hydrogen (secondary N) is 1. The Kier molecular flexibility index (Phi) is 3.98. The molecular formula is C10H18N2O4. The third-order valence-electron chi connectivity index (χ3n) is 2.43. The van der Waals surface area contributed by atoms with Gasteiger partial charge in [0, 0.05) is 6.54 Å². The normalized spacial score (nSPS) is 15.9. The zero-order valence-corrected chi connectivity index (χ0v) is 9.91. The molecule has 1 N–H and O–H groups in total. The predicted molar refractivity (Wildman–Crippen MR) is 57.2 cm³/mol. The van der Waals surface area contributed by atoms with E-state index in [9.17, 15) is 9.59 Å². The minimum Gasteiger partial charge on any atom is -0.450 e. The second kappa shape index (κ2) is 5.05. The molecule has 0 aromatic carbocycles. The molecule has 6 heteroatoms. The molecule has 92 valence electrons. The van der Waals surface area contributed by atoms with E-state index in [0.717, 1.165) is 0 Å². The van der Waals surface area contributed by atoms with E-state index in [1.807, 2.05) is 13.8 Å². The van der Waals surface area contributed by atoms with Crippen LogP contribution in [-0.2, 0) is 9.47 Å². The number of rotatable bonds is 4. The summed E-state index contributed by atoms with van der Waals surface area (Å²) < 4.78 is 9.59. The van der Waals surface area contributed by atoms with Crippen LogP contribution in [0.15, 0.2) is 0 Å². The van der Waals surface area contributed by atoms with Gasteiger partial charge in [0.2, 0.25) is 0 Å². The number of ether oxygens (including phenoxy) is 2. The molecule has 0 bridgehead atoms. The van der Waals surface area contributed by atoms with Gasteiger partial charge >= 0.3 is 12.2 Å². The van der Waals surface area contributed by atoms with Crippen molar-refractivity contribution in [2.75, 3.05) is 26.3 Å². The highest BCUT2D eigenvalue weighted by Crippen LogP contribution is 2.18. The first-order valence-electron chi connectivity index (χ1n) is 5.32. The molecule has 0 saturated carbocycles. The van der Waals surface area contributed by atoms with Crippen LogP contribution in [0, 0.1) is 0 Å². The lowest BCUT2D eigenvalue weighted by molar-refractivity contribution is 0.117. The Labute approximate surface area is 94.9 Å². The van der Waals surface area contributed by atoms with Crippen molar-refractivity contribution >= 4 is 12.2 Å². The van der Waals surface area contributed by atoms with E-state index in [4.69, 9.17) is 9.47 Å². The summed E-state index contributed by atoms with van der Waals surface area (Å²) in [5.41, 5.74) is -0.472. The largest absolute Gasteiger partial charge is 0.450 e. The first-order valence-corrected chi connectivity index (χ1v) is 5.32. The fraction of sp³-hybridized carbons (Fsp3) is 0.800. The molecule has 0 atom stereocenters. The van der Waals surface area contributed by atoms with Gasteiger partial charge in [0.15, 0.2) is 0 Å². The van der Waals surface area contributed by atoms with Gasteiger partial charge in [-0.25, -0.2) is 9.59 Å². The lowest BCUT2D eigenvalue weighted by Gasteiger charge is -2.33. The molecule has 1 saturated heterocycles. The quantitative estimate of drug-likeness (QED) is 0.781. The number of carbonyl (C=O) groups is 2. The molecule has 2 amide bonds. The molecule has 6 nitrogen and oxygen atoms in total. The molecule has 1 heterocycles. The smallest absolute Gasteiger partial charge is 0.410 e. The van der Waals surface area contributed by atoms with Gasteiger partial charge in [-0.15, -0.1) is 0 Å². The van der Waals surface area contributed by atoms with E-state index in [2.05, 4.69) is 5.32 Å². The van der Waals surface area contributed by atoms with Gasteiger partial charge in [-0.05, 0) is 20.8 Å². The Bertz CT molecular complexity index is 278. The van der Waals surface area contributed by atoms with Crippen molar-refractivity contribution in [3.63, 3.8) is 0 Å². The maximum atomic E-state index is 11.4. The fourth-order valence-electron chi connectivity index (χ4n) is 1.51. The van der Waals surface area contributed by atoms with Gasteiger partial charge in [0.25, 0.3) is 0 Å². The zero-order valence-electron chi connectivity index (χ0n) is 9.91. The summed E-state index contributed by atoms with van der Waals surface area (Å²) in [4.78, 5) is 24.1. The van der Waals surface area contributed by atoms with Crippen LogP contribution in [0.1, 0.15) is 20.8 Å². The third-order valence-corrected chi connectivity index (χ3v) is 2.43. The lowest BCUT2D eigenvalue weighted by atomic mass is 10.0. The summed E-state index contributed by atoms with van der Waals surface area (Å²) in [6.45, 7) is 7.09. The summed E-state index contributed by atoms with van der Waals surface area (Å²) in [5, 5.41) is 2.61. The van der Waals surface area contributed by atoms with Crippen LogP contribution >= 0.6 is 0 Å². The minimum absolute atomic E-state index is 0.331. The van der Waals surface area contributed by atoms with Crippen LogP contribution in [0.3, 0.4) is 0 Å². The van der Waals surface area contributed by atoms with Gasteiger partial charge in [0.1, 0.15) is 6.61 Å². The van der Waals surface area contributed by atoms with E-state index in [1.54, 1.807) is 11.8 Å². The van der Waals surface area contributed by atoms with Gasteiger partial charge in [-0.2, -0.15) is 0 Å². The molecule has 0 radical (unpaired) electrons. The highest BCUT2D eigenvalue weighted by molar-refractivity contribution is 5.71. The van der Waals surface area contributed by atoms with E-state index >= 15 is 0 Å². The second-order valence-corrected chi connectivity index (χ2v) is 4.15. The molecule has 1 aliphatic rings. The topological polar surface area (TPSA) is 67.9 Å². The lowest BCUT2D eigenvalue weighted by Crippen LogP contribution is -2.52. The van der Waals surface area contributed by atoms with Crippen molar-refractivity contribution in [1.29, 1.82) is 0 Å². The second-order valence-electron chi connectivity index (χ2n) is 4.15. The summed E-state index contributed by atoms with van der Waals surface area (Å²) in [5.74, 6) is 0. The maximum absolute atomic E-state index is 11.4. The molecular weight excluding hydrogens is 212 g/mol. The van der Waals surface area contributed by atoms with Crippen LogP contribution in [-0.4, -0.2) is 48.9 Å². The van der Waals surface area contributed by atoms with E-state index in [0.29, 0.717) is 26.3 Å². The van der Waals surface area contributed by atoms with Crippen LogP contribution in [0.4, 0.5) is 9.59 Å². The molecule has 0 aliphatic carbocycles. The Morgan fingerprint density at radius 2 is 2.31 bits per heavy atom. The molecule has 1 rings (SSSR count). The Morgan fingerprint density at radius 3 is 2.81 bits per heavy atom. The van der Waals surface area contributed by atoms with Crippen LogP contribution < -0.4 is 5.32 Å². The van der Waals surface area contributed by atoms with Gasteiger partial charge < -0.3 is 14.8 Å². The van der Waals surface area contributed by atoms with Crippen LogP contribution in [0.5, 0.6) is 0 Å². The summed E-state index contributed by atoms with van der Waals surface area (Å²) in [6.07, 6.45) is -0.807. The molecule has 1 aliphatic heterocycles. The van der Waals surface area contributed by atoms with E-state index < -0.39 is 11.6 Å². The monoisotopic (exact) mass is 230 g/mol. The number of nitrogens with zero attached hydrogens (tertiary/aromatic N) is 1. The van der Waals surface area contributed by atoms with Crippen LogP contribution in [0.25, 0.3) is 0 Å². The van der Waals surface area contributed by atoms with E-state index in [-0.39, 0.29) is 6.09 Å². The average molecular weight is 230 g/mol. The Balaban J connectivity index is 2.44. The number of carbonyl (C=O) groups excluding carboxylic acids is 2. The van der Waals surface area contributed by atoms with Gasteiger partial charge in [-0.1, -0.05) is 0 Å². The molecule has 0 spiro atoms. The maximum Gasteiger partial charge on any atom is 0.410 e. The number of alkyl carbamates (subject to hydrolysis) is 1. The Morgan fingerprint density at radius 1 is 1.62 bits per heavy atom. The Hall–Kier alpha value is -1.46. The van der Waals surface area contributed by atoms with Crippen molar-refractivity contribution in [2.24, 2.45) is 0 Å². The standard InChI is InChI=1S/C10H18N2O4/c1-4-15-8(13)11-7-10(2,3)12-5-6-16-9(12)14/h4-7H2,1-3H3,(H,11,13). The highest BCUT2D eigenvalue weighted by atomic mass is 16.6. The van der Waals surface area contributed by atoms with Gasteiger partial charge in [-0.3, -0.25) is 4.90 Å². The molecule has 0 aromatic heterocycles. The van der Waals surface area contributed by atoms with Crippen LogP contribution in [0.2, 0.25) is 0 Å². The molecule has 16 heavy (non-hydrogen) atoms. The summed E-state index contributed by atoms with van der Waals surface area (Å²) in [7, 11) is 0. The molecule has 1 fully saturated rings. The van der Waals surface area contributed by atoms with Crippen molar-refractivity contribution in [3.8, 4) is 0 Å². The van der Waals surface area contributed by atoms with Crippen molar-refractivity contribution in [3.05, 3.63) is 0 Å². The SMILES string of the molecule is CCOC(=O)NCC(C)(C)N1CCOC1=O. The highest BCUT2D eigenvalue weighted by Gasteiger charge is 2.35. The summed E-state index contributed by atoms with van der Waals surface area (Å²) in [6, 6.07) is 0. The van der Waals surface area contributed by atoms with E-state index in [1.165, 1.54) is 0 Å². The average Bonchev–Trinajstić information content (AvgIpc) is 2.63. The fourth-order valence-corrected chi connectivity index (χ4v) is 1.51. The van der Waals surface area contributed by atoms with Crippen molar-refractivity contribution < 1.29 is 19.1 Å². The predicted octanol–water partition coefficient (Wildman–Crippen LogP) is 0.963. The number of amides is 2. The number of cyclic esters (lactones) is 1. The minimum atomic E-state index is -0.472. The first-order chi connectivity index (χ1) is 7.47.